The Balaban J connectivity index is 2.26. The van der Waals surface area contributed by atoms with Crippen molar-refractivity contribution in [2.24, 2.45) is 0 Å². The Morgan fingerprint density at radius 1 is 1.06 bits per heavy atom. The molecule has 0 unspecified atom stereocenters. The van der Waals surface area contributed by atoms with E-state index in [1.54, 1.807) is 12.1 Å². The fourth-order valence-electron chi connectivity index (χ4n) is 1.31. The molecule has 0 aliphatic carbocycles. The van der Waals surface area contributed by atoms with Crippen molar-refractivity contribution in [2.45, 2.75) is 13.8 Å². The lowest BCUT2D eigenvalue weighted by molar-refractivity contribution is 0.452. The minimum absolute atomic E-state index is 0.383. The van der Waals surface area contributed by atoms with E-state index in [0.717, 1.165) is 16.9 Å². The summed E-state index contributed by atoms with van der Waals surface area (Å²) in [5.74, 6) is 1.62. The minimum atomic E-state index is 0.383. The van der Waals surface area contributed by atoms with Crippen molar-refractivity contribution >= 4 is 5.82 Å². The predicted octanol–water partition coefficient (Wildman–Crippen LogP) is 2.47. The smallest absolute Gasteiger partial charge is 0.239 e. The Morgan fingerprint density at radius 2 is 1.88 bits per heavy atom. The van der Waals surface area contributed by atoms with Crippen molar-refractivity contribution in [1.82, 2.24) is 10.2 Å². The molecule has 0 saturated carbocycles. The first-order valence-corrected chi connectivity index (χ1v) is 4.99. The highest BCUT2D eigenvalue weighted by molar-refractivity contribution is 5.38. The normalized spacial score (nSPS) is 10.1. The number of aromatic nitrogens is 2. The molecule has 0 saturated heterocycles. The molecular formula is C12H13N3O. The summed E-state index contributed by atoms with van der Waals surface area (Å²) in [4.78, 5) is 0. The van der Waals surface area contributed by atoms with Crippen LogP contribution in [0.3, 0.4) is 0 Å². The molecule has 0 radical (unpaired) electrons. The molecule has 0 fully saturated rings. The Labute approximate surface area is 94.1 Å². The van der Waals surface area contributed by atoms with Gasteiger partial charge in [-0.25, -0.2) is 0 Å². The molecular weight excluding hydrogens is 202 g/mol. The quantitative estimate of drug-likeness (QED) is 0.835. The Hall–Kier alpha value is -2.10. The molecule has 16 heavy (non-hydrogen) atoms. The van der Waals surface area contributed by atoms with E-state index in [-0.39, 0.29) is 0 Å². The zero-order chi connectivity index (χ0) is 11.5. The largest absolute Gasteiger partial charge is 0.437 e. The van der Waals surface area contributed by atoms with Crippen LogP contribution in [-0.4, -0.2) is 10.2 Å². The van der Waals surface area contributed by atoms with Gasteiger partial charge in [0.1, 0.15) is 11.6 Å². The summed E-state index contributed by atoms with van der Waals surface area (Å²) in [7, 11) is 0. The second kappa shape index (κ2) is 4.18. The molecule has 0 spiro atoms. The summed E-state index contributed by atoms with van der Waals surface area (Å²) < 4.78 is 5.62. The molecule has 1 aromatic carbocycles. The van der Waals surface area contributed by atoms with E-state index in [0.29, 0.717) is 11.7 Å². The van der Waals surface area contributed by atoms with Crippen LogP contribution in [0.25, 0.3) is 0 Å². The summed E-state index contributed by atoms with van der Waals surface area (Å²) in [6, 6.07) is 9.37. The van der Waals surface area contributed by atoms with Crippen LogP contribution in [0.15, 0.2) is 30.3 Å². The average Bonchev–Trinajstić information content (AvgIpc) is 2.27. The van der Waals surface area contributed by atoms with Gasteiger partial charge in [0.2, 0.25) is 5.88 Å². The zero-order valence-corrected chi connectivity index (χ0v) is 9.27. The van der Waals surface area contributed by atoms with Crippen molar-refractivity contribution < 1.29 is 4.74 Å². The number of rotatable bonds is 2. The van der Waals surface area contributed by atoms with Crippen molar-refractivity contribution in [3.8, 4) is 11.6 Å². The van der Waals surface area contributed by atoms with Crippen LogP contribution in [0, 0.1) is 13.8 Å². The molecule has 0 atom stereocenters. The zero-order valence-electron chi connectivity index (χ0n) is 9.27. The number of hydrogen-bond acceptors (Lipinski definition) is 4. The first kappa shape index (κ1) is 10.4. The highest BCUT2D eigenvalue weighted by Gasteiger charge is 2.03. The molecule has 4 heteroatoms. The van der Waals surface area contributed by atoms with Gasteiger partial charge < -0.3 is 10.5 Å². The van der Waals surface area contributed by atoms with Crippen LogP contribution in [0.2, 0.25) is 0 Å². The lowest BCUT2D eigenvalue weighted by atomic mass is 10.1. The maximum absolute atomic E-state index is 5.62. The monoisotopic (exact) mass is 215 g/mol. The Kier molecular flexibility index (Phi) is 2.72. The molecule has 0 amide bonds. The van der Waals surface area contributed by atoms with E-state index in [2.05, 4.69) is 10.2 Å². The van der Waals surface area contributed by atoms with Crippen molar-refractivity contribution in [2.75, 3.05) is 5.73 Å². The number of benzene rings is 1. The first-order valence-electron chi connectivity index (χ1n) is 4.99. The summed E-state index contributed by atoms with van der Waals surface area (Å²) in [5.41, 5.74) is 7.65. The number of aryl methyl sites for hydroxylation is 2. The number of nitrogens with zero attached hydrogens (tertiary/aromatic N) is 2. The lowest BCUT2D eigenvalue weighted by Gasteiger charge is -2.07. The minimum Gasteiger partial charge on any atom is -0.437 e. The van der Waals surface area contributed by atoms with Crippen LogP contribution >= 0.6 is 0 Å². The standard InChI is InChI=1S/C12H13N3O/c1-8-3-4-9(2)10(7-8)16-12-6-5-11(13)14-15-12/h3-7H,1-2H3,(H2,13,14). The predicted molar refractivity (Wildman–Crippen MR) is 62.4 cm³/mol. The third kappa shape index (κ3) is 2.28. The Morgan fingerprint density at radius 3 is 2.56 bits per heavy atom. The third-order valence-electron chi connectivity index (χ3n) is 2.22. The van der Waals surface area contributed by atoms with Gasteiger partial charge in [-0.2, -0.15) is 0 Å². The number of hydrogen-bond donors (Lipinski definition) is 1. The summed E-state index contributed by atoms with van der Waals surface area (Å²) in [6.45, 7) is 4.00. The van der Waals surface area contributed by atoms with Gasteiger partial charge >= 0.3 is 0 Å². The van der Waals surface area contributed by atoms with E-state index in [9.17, 15) is 0 Å². The molecule has 82 valence electrons. The molecule has 2 rings (SSSR count). The highest BCUT2D eigenvalue weighted by atomic mass is 16.5. The SMILES string of the molecule is Cc1ccc(C)c(Oc2ccc(N)nn2)c1. The third-order valence-corrected chi connectivity index (χ3v) is 2.22. The van der Waals surface area contributed by atoms with Gasteiger partial charge in [-0.15, -0.1) is 10.2 Å². The Bertz CT molecular complexity index is 494. The highest BCUT2D eigenvalue weighted by Crippen LogP contribution is 2.24. The molecule has 0 bridgehead atoms. The molecule has 4 nitrogen and oxygen atoms in total. The number of ether oxygens (including phenoxy) is 1. The van der Waals surface area contributed by atoms with Crippen molar-refractivity contribution in [3.63, 3.8) is 0 Å². The number of nitrogens with two attached hydrogens (primary N) is 1. The molecule has 0 aliphatic rings. The van der Waals surface area contributed by atoms with Crippen molar-refractivity contribution in [1.29, 1.82) is 0 Å². The van der Waals surface area contributed by atoms with Crippen LogP contribution < -0.4 is 10.5 Å². The molecule has 0 aliphatic heterocycles. The fraction of sp³-hybridized carbons (Fsp3) is 0.167. The van der Waals surface area contributed by atoms with Gasteiger partial charge in [0.15, 0.2) is 0 Å². The average molecular weight is 215 g/mol. The van der Waals surface area contributed by atoms with E-state index in [1.165, 1.54) is 0 Å². The van der Waals surface area contributed by atoms with Gasteiger partial charge in [-0.05, 0) is 37.1 Å². The summed E-state index contributed by atoms with van der Waals surface area (Å²) in [6.07, 6.45) is 0. The van der Waals surface area contributed by atoms with Crippen LogP contribution in [0.5, 0.6) is 11.6 Å². The van der Waals surface area contributed by atoms with Gasteiger partial charge in [0, 0.05) is 6.07 Å². The molecule has 2 aromatic rings. The molecule has 2 N–H and O–H groups in total. The molecule has 1 aromatic heterocycles. The van der Waals surface area contributed by atoms with Crippen LogP contribution in [0.1, 0.15) is 11.1 Å². The van der Waals surface area contributed by atoms with E-state index >= 15 is 0 Å². The number of nitrogen functional groups attached to an aromatic ring is 1. The second-order valence-electron chi connectivity index (χ2n) is 3.67. The van der Waals surface area contributed by atoms with Gasteiger partial charge in [0.05, 0.1) is 0 Å². The maximum Gasteiger partial charge on any atom is 0.239 e. The maximum atomic E-state index is 5.62. The van der Waals surface area contributed by atoms with E-state index < -0.39 is 0 Å². The molecule has 1 heterocycles. The van der Waals surface area contributed by atoms with Gasteiger partial charge in [-0.1, -0.05) is 12.1 Å². The van der Waals surface area contributed by atoms with Crippen LogP contribution in [-0.2, 0) is 0 Å². The van der Waals surface area contributed by atoms with Gasteiger partial charge in [-0.3, -0.25) is 0 Å². The van der Waals surface area contributed by atoms with Crippen LogP contribution in [0.4, 0.5) is 5.82 Å². The fourth-order valence-corrected chi connectivity index (χ4v) is 1.31. The van der Waals surface area contributed by atoms with E-state index in [1.807, 2.05) is 32.0 Å². The van der Waals surface area contributed by atoms with E-state index in [4.69, 9.17) is 10.5 Å². The topological polar surface area (TPSA) is 61.0 Å². The number of anilines is 1. The first-order chi connectivity index (χ1) is 7.65. The summed E-state index contributed by atoms with van der Waals surface area (Å²) in [5, 5.41) is 7.58. The summed E-state index contributed by atoms with van der Waals surface area (Å²) >= 11 is 0. The lowest BCUT2D eigenvalue weighted by Crippen LogP contribution is -1.95. The second-order valence-corrected chi connectivity index (χ2v) is 3.67. The van der Waals surface area contributed by atoms with Crippen molar-refractivity contribution in [3.05, 3.63) is 41.5 Å². The van der Waals surface area contributed by atoms with Gasteiger partial charge in [0.25, 0.3) is 0 Å².